The Morgan fingerprint density at radius 2 is 1.78 bits per heavy atom. The van der Waals surface area contributed by atoms with Crippen molar-refractivity contribution in [2.45, 2.75) is 38.8 Å². The van der Waals surface area contributed by atoms with Crippen LogP contribution in [0.2, 0.25) is 5.02 Å². The number of amides is 1. The fraction of sp³-hybridized carbons (Fsp3) is 0.206. The van der Waals surface area contributed by atoms with E-state index in [4.69, 9.17) is 23.8 Å². The predicted octanol–water partition coefficient (Wildman–Crippen LogP) is 7.31. The Balaban J connectivity index is 1.34. The summed E-state index contributed by atoms with van der Waals surface area (Å²) in [5.74, 6) is -0.154. The van der Waals surface area contributed by atoms with E-state index in [2.05, 4.69) is 51.7 Å². The van der Waals surface area contributed by atoms with E-state index in [1.165, 1.54) is 12.1 Å². The molecule has 1 aromatic heterocycles. The molecule has 1 amide bonds. The lowest BCUT2D eigenvalue weighted by Crippen LogP contribution is -2.47. The minimum absolute atomic E-state index is 0.00270. The van der Waals surface area contributed by atoms with E-state index in [-0.39, 0.29) is 24.1 Å². The van der Waals surface area contributed by atoms with Gasteiger partial charge in [0, 0.05) is 53.9 Å². The maximum Gasteiger partial charge on any atom is 0.269 e. The number of imidazole rings is 1. The number of nitro groups is 1. The van der Waals surface area contributed by atoms with Crippen LogP contribution in [0.4, 0.5) is 11.4 Å². The summed E-state index contributed by atoms with van der Waals surface area (Å²) in [6, 6.07) is 27.8. The van der Waals surface area contributed by atoms with Crippen LogP contribution in [0.25, 0.3) is 16.5 Å². The number of thiocarbonyl (C=S) groups is 1. The first kappa shape index (κ1) is 31.6. The second kappa shape index (κ2) is 14.8. The molecular weight excluding hydrogens is 608 g/mol. The molecule has 0 unspecified atom stereocenters. The maximum atomic E-state index is 13.4. The minimum Gasteiger partial charge on any atom is -0.351 e. The average Bonchev–Trinajstić information content (AvgIpc) is 3.50. The molecule has 0 aliphatic rings. The number of non-ortho nitro benzene ring substituents is 1. The van der Waals surface area contributed by atoms with Gasteiger partial charge in [0.05, 0.1) is 23.4 Å². The lowest BCUT2D eigenvalue weighted by molar-refractivity contribution is -0.384. The van der Waals surface area contributed by atoms with Crippen LogP contribution in [0, 0.1) is 10.1 Å². The highest BCUT2D eigenvalue weighted by Gasteiger charge is 2.21. The van der Waals surface area contributed by atoms with E-state index < -0.39 is 4.92 Å². The Morgan fingerprint density at radius 1 is 1.04 bits per heavy atom. The molecule has 5 rings (SSSR count). The summed E-state index contributed by atoms with van der Waals surface area (Å²) in [5.41, 5.74) is 3.30. The van der Waals surface area contributed by atoms with Crippen LogP contribution in [0.3, 0.4) is 0 Å². The molecule has 5 aromatic rings. The summed E-state index contributed by atoms with van der Waals surface area (Å²) in [6.07, 6.45) is 4.94. The second-order valence-electron chi connectivity index (χ2n) is 10.7. The van der Waals surface area contributed by atoms with Gasteiger partial charge in [0.2, 0.25) is 5.91 Å². The molecule has 0 bridgehead atoms. The van der Waals surface area contributed by atoms with Crippen LogP contribution in [-0.2, 0) is 17.8 Å². The van der Waals surface area contributed by atoms with Crippen LogP contribution >= 0.6 is 23.8 Å². The van der Waals surface area contributed by atoms with Crippen molar-refractivity contribution in [1.29, 1.82) is 0 Å². The molecule has 230 valence electrons. The fourth-order valence-corrected chi connectivity index (χ4v) is 5.66. The van der Waals surface area contributed by atoms with Gasteiger partial charge >= 0.3 is 0 Å². The fourth-order valence-electron chi connectivity index (χ4n) is 5.28. The van der Waals surface area contributed by atoms with E-state index in [0.29, 0.717) is 34.6 Å². The Hall–Kier alpha value is -4.80. The molecule has 1 heterocycles. The van der Waals surface area contributed by atoms with E-state index >= 15 is 0 Å². The van der Waals surface area contributed by atoms with Crippen molar-refractivity contribution >= 4 is 57.0 Å². The summed E-state index contributed by atoms with van der Waals surface area (Å²) in [4.78, 5) is 30.3. The quantitative estimate of drug-likeness (QED) is 0.0837. The number of hydrogen-bond acceptors (Lipinski definition) is 5. The molecule has 0 radical (unpaired) electrons. The molecule has 11 heteroatoms. The number of rotatable bonds is 12. The molecular formula is C34H33ClN6O3S. The number of hydrogen-bond donors (Lipinski definition) is 2. The topological polar surface area (TPSA) is 105 Å². The standard InChI is InChI=1S/C34H33ClN6O3S/c1-2-6-28(37-33(42)19-31-20-36-23-40(31)29-15-17-30(18-16-29)41(43)44)22-39(34(45)38-27-13-11-26(35)12-14-27)21-25-9-5-8-24-7-3-4-10-32(24)25/h3-5,7-18,20,23,28H,2,6,19,21-22H2,1H3,(H,37,42)(H,38,45)/t28-/m0/s1. The van der Waals surface area contributed by atoms with E-state index in [1.54, 1.807) is 29.2 Å². The zero-order chi connectivity index (χ0) is 31.8. The smallest absolute Gasteiger partial charge is 0.269 e. The molecule has 1 atom stereocenters. The molecule has 0 saturated carbocycles. The van der Waals surface area contributed by atoms with Crippen LogP contribution in [0.1, 0.15) is 31.0 Å². The molecule has 9 nitrogen and oxygen atoms in total. The molecule has 0 fully saturated rings. The van der Waals surface area contributed by atoms with Gasteiger partial charge in [-0.05, 0) is 71.4 Å². The minimum atomic E-state index is -0.444. The lowest BCUT2D eigenvalue weighted by atomic mass is 10.0. The Morgan fingerprint density at radius 3 is 2.51 bits per heavy atom. The van der Waals surface area contributed by atoms with Gasteiger partial charge in [0.1, 0.15) is 0 Å². The molecule has 45 heavy (non-hydrogen) atoms. The highest BCUT2D eigenvalue weighted by molar-refractivity contribution is 7.80. The first-order valence-electron chi connectivity index (χ1n) is 14.6. The number of nitrogens with zero attached hydrogens (tertiary/aromatic N) is 4. The van der Waals surface area contributed by atoms with Gasteiger partial charge in [0.25, 0.3) is 5.69 Å². The summed E-state index contributed by atoms with van der Waals surface area (Å²) in [6.45, 7) is 3.12. The summed E-state index contributed by atoms with van der Waals surface area (Å²) in [7, 11) is 0. The molecule has 0 aliphatic carbocycles. The Labute approximate surface area is 272 Å². The van der Waals surface area contributed by atoms with E-state index in [1.807, 2.05) is 42.5 Å². The van der Waals surface area contributed by atoms with Gasteiger partial charge in [-0.15, -0.1) is 0 Å². The number of nitrogens with one attached hydrogen (secondary N) is 2. The first-order valence-corrected chi connectivity index (χ1v) is 15.4. The summed E-state index contributed by atoms with van der Waals surface area (Å²) < 4.78 is 1.76. The maximum absolute atomic E-state index is 13.4. The number of halogens is 1. The van der Waals surface area contributed by atoms with Gasteiger partial charge in [-0.1, -0.05) is 67.4 Å². The summed E-state index contributed by atoms with van der Waals surface area (Å²) in [5, 5.41) is 21.1. The van der Waals surface area contributed by atoms with Gasteiger partial charge in [-0.3, -0.25) is 14.9 Å². The predicted molar refractivity (Wildman–Crippen MR) is 183 cm³/mol. The van der Waals surface area contributed by atoms with Crippen molar-refractivity contribution in [3.8, 4) is 5.69 Å². The zero-order valence-electron chi connectivity index (χ0n) is 24.7. The molecule has 2 N–H and O–H groups in total. The van der Waals surface area contributed by atoms with Gasteiger partial charge in [-0.25, -0.2) is 4.98 Å². The van der Waals surface area contributed by atoms with Crippen molar-refractivity contribution in [1.82, 2.24) is 19.8 Å². The van der Waals surface area contributed by atoms with E-state index in [9.17, 15) is 14.9 Å². The molecule has 0 spiro atoms. The highest BCUT2D eigenvalue weighted by Crippen LogP contribution is 2.22. The number of anilines is 1. The van der Waals surface area contributed by atoms with E-state index in [0.717, 1.165) is 34.9 Å². The monoisotopic (exact) mass is 640 g/mol. The van der Waals surface area contributed by atoms with Crippen LogP contribution in [0.15, 0.2) is 104 Å². The zero-order valence-corrected chi connectivity index (χ0v) is 26.3. The largest absolute Gasteiger partial charge is 0.351 e. The van der Waals surface area contributed by atoms with Crippen molar-refractivity contribution in [2.75, 3.05) is 11.9 Å². The van der Waals surface area contributed by atoms with Gasteiger partial charge in [0.15, 0.2) is 5.11 Å². The number of carbonyl (C=O) groups excluding carboxylic acids is 1. The van der Waals surface area contributed by atoms with Crippen LogP contribution in [-0.4, -0.2) is 43.0 Å². The van der Waals surface area contributed by atoms with Crippen molar-refractivity contribution < 1.29 is 9.72 Å². The Bertz CT molecular complexity index is 1790. The molecule has 0 saturated heterocycles. The van der Waals surface area contributed by atoms with Crippen molar-refractivity contribution in [3.05, 3.63) is 130 Å². The third kappa shape index (κ3) is 8.23. The number of benzene rings is 4. The molecule has 4 aromatic carbocycles. The Kier molecular flexibility index (Phi) is 10.4. The number of nitro benzene ring substituents is 1. The highest BCUT2D eigenvalue weighted by atomic mass is 35.5. The second-order valence-corrected chi connectivity index (χ2v) is 11.5. The number of aromatic nitrogens is 2. The lowest BCUT2D eigenvalue weighted by Gasteiger charge is -2.31. The normalized spacial score (nSPS) is 11.6. The van der Waals surface area contributed by atoms with Crippen molar-refractivity contribution in [2.24, 2.45) is 0 Å². The summed E-state index contributed by atoms with van der Waals surface area (Å²) >= 11 is 12.0. The third-order valence-corrected chi connectivity index (χ3v) is 8.07. The first-order chi connectivity index (χ1) is 21.8. The average molecular weight is 641 g/mol. The van der Waals surface area contributed by atoms with Gasteiger partial charge in [-0.2, -0.15) is 0 Å². The van der Waals surface area contributed by atoms with Gasteiger partial charge < -0.3 is 20.1 Å². The molecule has 0 aliphatic heterocycles. The third-order valence-electron chi connectivity index (χ3n) is 7.46. The number of carbonyl (C=O) groups is 1. The van der Waals surface area contributed by atoms with Crippen LogP contribution in [0.5, 0.6) is 0 Å². The number of fused-ring (bicyclic) bond motifs is 1. The van der Waals surface area contributed by atoms with Crippen LogP contribution < -0.4 is 10.6 Å². The SMILES string of the molecule is CCC[C@@H](CN(Cc1cccc2ccccc12)C(=S)Nc1ccc(Cl)cc1)NC(=O)Cc1cncn1-c1ccc([N+](=O)[O-])cc1. The van der Waals surface area contributed by atoms with Crippen molar-refractivity contribution in [3.63, 3.8) is 0 Å².